The first-order chi connectivity index (χ1) is 19.8. The molecule has 5 rings (SSSR count). The number of rotatable bonds is 8. The lowest BCUT2D eigenvalue weighted by Crippen LogP contribution is -2.50. The molecule has 2 aliphatic heterocycles. The molecule has 0 aliphatic carbocycles. The third kappa shape index (κ3) is 5.87. The van der Waals surface area contributed by atoms with Gasteiger partial charge in [0.1, 0.15) is 11.6 Å². The van der Waals surface area contributed by atoms with Crippen LogP contribution in [0.25, 0.3) is 10.9 Å². The van der Waals surface area contributed by atoms with Crippen molar-refractivity contribution in [1.29, 1.82) is 0 Å². The van der Waals surface area contributed by atoms with E-state index in [4.69, 9.17) is 4.98 Å². The average Bonchev–Trinajstić information content (AvgIpc) is 3.19. The highest BCUT2D eigenvalue weighted by molar-refractivity contribution is 5.82. The number of phenolic OH excluding ortho intramolecular Hbond substituents is 1. The van der Waals surface area contributed by atoms with Gasteiger partial charge in [-0.1, -0.05) is 25.5 Å². The molecule has 0 spiro atoms. The van der Waals surface area contributed by atoms with E-state index in [0.29, 0.717) is 17.7 Å². The monoisotopic (exact) mass is 560 g/mol. The summed E-state index contributed by atoms with van der Waals surface area (Å²) in [6.45, 7) is 10.9. The number of likely N-dealkylation sites (N-methyl/N-ethyl adjacent to an activating group) is 1. The minimum Gasteiger partial charge on any atom is -0.508 e. The highest BCUT2D eigenvalue weighted by Crippen LogP contribution is 2.40. The maximum absolute atomic E-state index is 14.0. The lowest BCUT2D eigenvalue weighted by Gasteiger charge is -2.47. The molecule has 8 heteroatoms. The van der Waals surface area contributed by atoms with E-state index in [1.807, 2.05) is 16.7 Å². The summed E-state index contributed by atoms with van der Waals surface area (Å²) in [5.41, 5.74) is 2.97. The minimum atomic E-state index is -0.131. The zero-order valence-electron chi connectivity index (χ0n) is 25.6. The number of aromatic nitrogens is 2. The number of hydrogen-bond acceptors (Lipinski definition) is 7. The van der Waals surface area contributed by atoms with Crippen LogP contribution in [0.4, 0.5) is 5.69 Å². The Kier molecular flexibility index (Phi) is 9.02. The van der Waals surface area contributed by atoms with E-state index >= 15 is 0 Å². The number of hydrogen-bond donors (Lipinski definition) is 1. The molecule has 0 amide bonds. The second-order valence-electron chi connectivity index (χ2n) is 12.2. The molecular weight excluding hydrogens is 512 g/mol. The number of nitrogens with zero attached hydrogens (tertiary/aromatic N) is 6. The molecule has 41 heavy (non-hydrogen) atoms. The van der Waals surface area contributed by atoms with Crippen LogP contribution in [0.5, 0.6) is 5.75 Å². The third-order valence-corrected chi connectivity index (χ3v) is 9.53. The van der Waals surface area contributed by atoms with Crippen molar-refractivity contribution in [2.24, 2.45) is 0 Å². The molecule has 2 saturated heterocycles. The van der Waals surface area contributed by atoms with E-state index in [1.165, 1.54) is 0 Å². The molecule has 0 radical (unpaired) electrons. The smallest absolute Gasteiger partial charge is 0.261 e. The van der Waals surface area contributed by atoms with Gasteiger partial charge in [0.15, 0.2) is 0 Å². The first-order valence-corrected chi connectivity index (χ1v) is 15.5. The van der Waals surface area contributed by atoms with Crippen molar-refractivity contribution in [2.45, 2.75) is 64.1 Å². The van der Waals surface area contributed by atoms with E-state index in [9.17, 15) is 9.90 Å². The summed E-state index contributed by atoms with van der Waals surface area (Å²) in [5, 5.41) is 10.9. The van der Waals surface area contributed by atoms with Crippen molar-refractivity contribution in [3.05, 3.63) is 64.2 Å². The highest BCUT2D eigenvalue weighted by atomic mass is 16.3. The maximum Gasteiger partial charge on any atom is 0.261 e. The minimum absolute atomic E-state index is 0.0711. The molecule has 3 aromatic rings. The quantitative estimate of drug-likeness (QED) is 0.430. The van der Waals surface area contributed by atoms with Crippen molar-refractivity contribution >= 4 is 16.6 Å². The molecule has 1 aromatic heterocycles. The fourth-order valence-electron chi connectivity index (χ4n) is 7.03. The number of piperidine rings is 1. The fourth-order valence-corrected chi connectivity index (χ4v) is 7.03. The average molecular weight is 561 g/mol. The van der Waals surface area contributed by atoms with E-state index in [-0.39, 0.29) is 17.1 Å². The van der Waals surface area contributed by atoms with Crippen molar-refractivity contribution in [1.82, 2.24) is 24.3 Å². The summed E-state index contributed by atoms with van der Waals surface area (Å²) < 4.78 is 1.93. The molecule has 8 nitrogen and oxygen atoms in total. The summed E-state index contributed by atoms with van der Waals surface area (Å²) in [4.78, 5) is 28.8. The van der Waals surface area contributed by atoms with Crippen LogP contribution >= 0.6 is 0 Å². The first kappa shape index (κ1) is 29.5. The summed E-state index contributed by atoms with van der Waals surface area (Å²) in [6.07, 6.45) is 5.06. The number of aromatic hydroxyl groups is 1. The van der Waals surface area contributed by atoms with Gasteiger partial charge in [-0.3, -0.25) is 19.2 Å². The lowest BCUT2D eigenvalue weighted by molar-refractivity contribution is 0.115. The van der Waals surface area contributed by atoms with Gasteiger partial charge in [-0.15, -0.1) is 0 Å². The predicted molar refractivity (Wildman–Crippen MR) is 168 cm³/mol. The van der Waals surface area contributed by atoms with Crippen LogP contribution in [-0.2, 0) is 12.1 Å². The van der Waals surface area contributed by atoms with Crippen molar-refractivity contribution in [3.8, 4) is 5.75 Å². The van der Waals surface area contributed by atoms with Crippen molar-refractivity contribution in [2.75, 3.05) is 65.3 Å². The third-order valence-electron chi connectivity index (χ3n) is 9.53. The summed E-state index contributed by atoms with van der Waals surface area (Å²) >= 11 is 0. The number of benzene rings is 2. The zero-order chi connectivity index (χ0) is 29.1. The lowest BCUT2D eigenvalue weighted by atomic mass is 9.79. The van der Waals surface area contributed by atoms with Crippen molar-refractivity contribution in [3.63, 3.8) is 0 Å². The Morgan fingerprint density at radius 2 is 1.78 bits per heavy atom. The molecular formula is C33H48N6O2. The molecule has 222 valence electrons. The van der Waals surface area contributed by atoms with Crippen LogP contribution in [0.3, 0.4) is 0 Å². The molecule has 1 atom stereocenters. The second-order valence-corrected chi connectivity index (χ2v) is 12.2. The van der Waals surface area contributed by atoms with Crippen LogP contribution in [0.2, 0.25) is 0 Å². The second kappa shape index (κ2) is 12.5. The van der Waals surface area contributed by atoms with Crippen LogP contribution in [0.15, 0.2) is 47.3 Å². The normalized spacial score (nSPS) is 19.5. The summed E-state index contributed by atoms with van der Waals surface area (Å²) in [6, 6.07) is 14.1. The first-order valence-electron chi connectivity index (χ1n) is 15.5. The Balaban J connectivity index is 1.44. The Bertz CT molecular complexity index is 1390. The Labute approximate surface area is 245 Å². The summed E-state index contributed by atoms with van der Waals surface area (Å²) in [5.74, 6) is 1.23. The van der Waals surface area contributed by atoms with E-state index < -0.39 is 0 Å². The molecule has 0 bridgehead atoms. The van der Waals surface area contributed by atoms with Crippen molar-refractivity contribution < 1.29 is 5.11 Å². The van der Waals surface area contributed by atoms with Crippen LogP contribution < -0.4 is 10.5 Å². The van der Waals surface area contributed by atoms with Gasteiger partial charge in [0.2, 0.25) is 0 Å². The number of anilines is 1. The molecule has 2 aromatic carbocycles. The standard InChI is InChI=1S/C33H48N6O2/c1-6-10-30(38-18-9-17-36(5)21-22-38)31-34-29-14-13-26(24-28(29)32(41)39(31)7-2)37-19-15-33(16-20-37,35(3)4)25-11-8-12-27(40)23-25/h8,11-14,23-24,30,40H,6-7,9-10,15-22H2,1-5H3. The van der Waals surface area contributed by atoms with Gasteiger partial charge in [-0.2, -0.15) is 0 Å². The van der Waals surface area contributed by atoms with Gasteiger partial charge in [-0.05, 0) is 96.2 Å². The highest BCUT2D eigenvalue weighted by Gasteiger charge is 2.38. The van der Waals surface area contributed by atoms with E-state index in [0.717, 1.165) is 94.0 Å². The van der Waals surface area contributed by atoms with Gasteiger partial charge >= 0.3 is 0 Å². The fraction of sp³-hybridized carbons (Fsp3) is 0.576. The van der Waals surface area contributed by atoms with Gasteiger partial charge in [0.25, 0.3) is 5.56 Å². The molecule has 1 N–H and O–H groups in total. The number of fused-ring (bicyclic) bond motifs is 1. The summed E-state index contributed by atoms with van der Waals surface area (Å²) in [7, 11) is 6.45. The molecule has 3 heterocycles. The van der Waals surface area contributed by atoms with Gasteiger partial charge in [0, 0.05) is 50.5 Å². The predicted octanol–water partition coefficient (Wildman–Crippen LogP) is 4.66. The van der Waals surface area contributed by atoms with Gasteiger partial charge in [-0.25, -0.2) is 4.98 Å². The topological polar surface area (TPSA) is 68.1 Å². The molecule has 0 saturated carbocycles. The zero-order valence-corrected chi connectivity index (χ0v) is 25.6. The van der Waals surface area contributed by atoms with Crippen LogP contribution in [0.1, 0.15) is 63.4 Å². The molecule has 2 fully saturated rings. The largest absolute Gasteiger partial charge is 0.508 e. The van der Waals surface area contributed by atoms with Crippen LogP contribution in [0, 0.1) is 0 Å². The Morgan fingerprint density at radius 1 is 1.00 bits per heavy atom. The number of phenols is 1. The molecule has 1 unspecified atom stereocenters. The SMILES string of the molecule is CCCC(c1nc2ccc(N3CCC(c4cccc(O)c4)(N(C)C)CC3)cc2c(=O)n1CC)N1CCCN(C)CC1. The Hall–Kier alpha value is -2.94. The van der Waals surface area contributed by atoms with Gasteiger partial charge < -0.3 is 14.9 Å². The van der Waals surface area contributed by atoms with Gasteiger partial charge in [0.05, 0.1) is 16.9 Å². The maximum atomic E-state index is 14.0. The Morgan fingerprint density at radius 3 is 2.46 bits per heavy atom. The van der Waals surface area contributed by atoms with Crippen LogP contribution in [-0.4, -0.2) is 89.8 Å². The van der Waals surface area contributed by atoms with E-state index in [2.05, 4.69) is 78.9 Å². The molecule has 2 aliphatic rings. The van der Waals surface area contributed by atoms with E-state index in [1.54, 1.807) is 6.07 Å².